The van der Waals surface area contributed by atoms with E-state index in [1.54, 1.807) is 0 Å². The molecule has 5 heteroatoms. The first kappa shape index (κ1) is 18.0. The van der Waals surface area contributed by atoms with Crippen molar-refractivity contribution in [3.05, 3.63) is 0 Å². The van der Waals surface area contributed by atoms with Crippen LogP contribution >= 0.6 is 0 Å². The van der Waals surface area contributed by atoms with Crippen LogP contribution in [-0.4, -0.2) is 35.6 Å². The van der Waals surface area contributed by atoms with Crippen molar-refractivity contribution in [1.29, 1.82) is 0 Å². The van der Waals surface area contributed by atoms with E-state index in [4.69, 9.17) is 0 Å². The smallest absolute Gasteiger partial charge is 0.307 e. The van der Waals surface area contributed by atoms with Gasteiger partial charge in [0.05, 0.1) is 5.92 Å². The van der Waals surface area contributed by atoms with Crippen molar-refractivity contribution in [1.82, 2.24) is 10.6 Å². The number of carbonyl (C=O) groups is 2. The topological polar surface area (TPSA) is 78.4 Å². The number of carbonyl (C=O) groups excluding carboxylic acids is 1. The van der Waals surface area contributed by atoms with E-state index in [0.29, 0.717) is 19.4 Å². The maximum Gasteiger partial charge on any atom is 0.307 e. The maximum absolute atomic E-state index is 11.6. The van der Waals surface area contributed by atoms with Crippen LogP contribution in [0.25, 0.3) is 0 Å². The molecule has 1 amide bonds. The second-order valence-corrected chi connectivity index (χ2v) is 7.11. The third kappa shape index (κ3) is 4.70. The van der Waals surface area contributed by atoms with Crippen molar-refractivity contribution >= 4 is 11.9 Å². The number of aliphatic carboxylic acids is 1. The minimum Gasteiger partial charge on any atom is -0.481 e. The molecule has 0 spiro atoms. The van der Waals surface area contributed by atoms with Gasteiger partial charge in [0.15, 0.2) is 0 Å². The van der Waals surface area contributed by atoms with Crippen LogP contribution in [0.1, 0.15) is 53.9 Å². The summed E-state index contributed by atoms with van der Waals surface area (Å²) in [7, 11) is 0. The highest BCUT2D eigenvalue weighted by molar-refractivity contribution is 5.76. The second-order valence-electron chi connectivity index (χ2n) is 7.11. The Morgan fingerprint density at radius 1 is 1.29 bits per heavy atom. The van der Waals surface area contributed by atoms with Crippen LogP contribution in [-0.2, 0) is 9.59 Å². The molecule has 3 N–H and O–H groups in total. The van der Waals surface area contributed by atoms with Gasteiger partial charge in [-0.3, -0.25) is 9.59 Å². The predicted octanol–water partition coefficient (Wildman–Crippen LogP) is 2.02. The van der Waals surface area contributed by atoms with Gasteiger partial charge in [-0.05, 0) is 38.0 Å². The number of hydrogen-bond donors (Lipinski definition) is 3. The van der Waals surface area contributed by atoms with Crippen molar-refractivity contribution < 1.29 is 14.7 Å². The summed E-state index contributed by atoms with van der Waals surface area (Å²) in [4.78, 5) is 23.0. The minimum absolute atomic E-state index is 0.0589. The molecular formula is C16H30N2O3. The van der Waals surface area contributed by atoms with E-state index in [1.165, 1.54) is 0 Å². The highest BCUT2D eigenvalue weighted by Gasteiger charge is 2.45. The molecule has 0 aromatic carbocycles. The molecule has 3 unspecified atom stereocenters. The lowest BCUT2D eigenvalue weighted by Gasteiger charge is -2.46. The normalized spacial score (nSPS) is 28.4. The van der Waals surface area contributed by atoms with E-state index in [2.05, 4.69) is 17.6 Å². The molecule has 122 valence electrons. The Labute approximate surface area is 127 Å². The van der Waals surface area contributed by atoms with Gasteiger partial charge < -0.3 is 15.7 Å². The Morgan fingerprint density at radius 3 is 2.43 bits per heavy atom. The maximum atomic E-state index is 11.6. The van der Waals surface area contributed by atoms with Gasteiger partial charge in [0.2, 0.25) is 5.91 Å². The zero-order valence-electron chi connectivity index (χ0n) is 13.9. The molecule has 3 atom stereocenters. The minimum atomic E-state index is -0.693. The molecule has 0 saturated heterocycles. The average Bonchev–Trinajstić information content (AvgIpc) is 2.33. The average molecular weight is 298 g/mol. The molecule has 21 heavy (non-hydrogen) atoms. The number of hydrogen-bond acceptors (Lipinski definition) is 3. The molecule has 1 fully saturated rings. The summed E-state index contributed by atoms with van der Waals surface area (Å²) >= 11 is 0. The molecule has 0 aromatic rings. The largest absolute Gasteiger partial charge is 0.481 e. The number of nitrogens with one attached hydrogen (secondary N) is 2. The molecule has 0 aliphatic heterocycles. The molecule has 1 aliphatic rings. The van der Waals surface area contributed by atoms with Gasteiger partial charge in [0.1, 0.15) is 0 Å². The Bertz CT molecular complexity index is 380. The van der Waals surface area contributed by atoms with E-state index in [9.17, 15) is 14.7 Å². The number of carboxylic acids is 1. The number of carboxylic acid groups (broad SMARTS) is 1. The van der Waals surface area contributed by atoms with Crippen molar-refractivity contribution in [3.63, 3.8) is 0 Å². The molecule has 1 rings (SSSR count). The zero-order chi connectivity index (χ0) is 16.2. The van der Waals surface area contributed by atoms with Gasteiger partial charge in [0, 0.05) is 25.0 Å². The van der Waals surface area contributed by atoms with Gasteiger partial charge in [-0.15, -0.1) is 0 Å². The van der Waals surface area contributed by atoms with E-state index < -0.39 is 5.97 Å². The summed E-state index contributed by atoms with van der Waals surface area (Å²) in [5.41, 5.74) is -0.234. The first-order valence-corrected chi connectivity index (χ1v) is 7.91. The SMILES string of the molecule is CC(C)NC(=O)CCNC1CCC(C(=O)O)C(C)(C)C1C. The molecule has 0 radical (unpaired) electrons. The monoisotopic (exact) mass is 298 g/mol. The quantitative estimate of drug-likeness (QED) is 0.701. The van der Waals surface area contributed by atoms with Gasteiger partial charge in [0.25, 0.3) is 0 Å². The van der Waals surface area contributed by atoms with E-state index in [1.807, 2.05) is 27.7 Å². The fourth-order valence-electron chi connectivity index (χ4n) is 3.29. The predicted molar refractivity (Wildman–Crippen MR) is 83.0 cm³/mol. The Kier molecular flexibility index (Phi) is 6.20. The lowest BCUT2D eigenvalue weighted by molar-refractivity contribution is -0.150. The van der Waals surface area contributed by atoms with Crippen molar-refractivity contribution in [2.75, 3.05) is 6.54 Å². The van der Waals surface area contributed by atoms with Gasteiger partial charge >= 0.3 is 5.97 Å². The molecule has 0 bridgehead atoms. The lowest BCUT2D eigenvalue weighted by atomic mass is 9.61. The standard InChI is InChI=1S/C16H30N2O3/c1-10(2)18-14(19)8-9-17-13-7-6-12(15(20)21)16(4,5)11(13)3/h10-13,17H,6-9H2,1-5H3,(H,18,19)(H,20,21). The third-order valence-corrected chi connectivity index (χ3v) is 4.95. The van der Waals surface area contributed by atoms with Gasteiger partial charge in [-0.25, -0.2) is 0 Å². The van der Waals surface area contributed by atoms with Crippen LogP contribution in [0.2, 0.25) is 0 Å². The highest BCUT2D eigenvalue weighted by atomic mass is 16.4. The van der Waals surface area contributed by atoms with E-state index in [0.717, 1.165) is 6.42 Å². The van der Waals surface area contributed by atoms with Gasteiger partial charge in [-0.2, -0.15) is 0 Å². The molecule has 1 saturated carbocycles. The fraction of sp³-hybridized carbons (Fsp3) is 0.875. The second kappa shape index (κ2) is 7.25. The first-order valence-electron chi connectivity index (χ1n) is 7.91. The molecule has 5 nitrogen and oxygen atoms in total. The Hall–Kier alpha value is -1.10. The fourth-order valence-corrected chi connectivity index (χ4v) is 3.29. The molecule has 1 aliphatic carbocycles. The number of amides is 1. The summed E-state index contributed by atoms with van der Waals surface area (Å²) < 4.78 is 0. The van der Waals surface area contributed by atoms with Crippen LogP contribution in [0.5, 0.6) is 0 Å². The Balaban J connectivity index is 2.48. The summed E-state index contributed by atoms with van der Waals surface area (Å²) in [6.07, 6.45) is 2.01. The summed E-state index contributed by atoms with van der Waals surface area (Å²) in [6.45, 7) is 10.7. The summed E-state index contributed by atoms with van der Waals surface area (Å²) in [5.74, 6) is -0.652. The summed E-state index contributed by atoms with van der Waals surface area (Å²) in [5, 5.41) is 15.6. The Morgan fingerprint density at radius 2 is 1.90 bits per heavy atom. The van der Waals surface area contributed by atoms with Crippen LogP contribution in [0.4, 0.5) is 0 Å². The summed E-state index contributed by atoms with van der Waals surface area (Å²) in [6, 6.07) is 0.448. The van der Waals surface area contributed by atoms with E-state index >= 15 is 0 Å². The van der Waals surface area contributed by atoms with Crippen LogP contribution in [0, 0.1) is 17.3 Å². The lowest BCUT2D eigenvalue weighted by Crippen LogP contribution is -2.51. The molecule has 0 heterocycles. The highest BCUT2D eigenvalue weighted by Crippen LogP contribution is 2.44. The van der Waals surface area contributed by atoms with Crippen molar-refractivity contribution in [2.45, 2.75) is 66.0 Å². The van der Waals surface area contributed by atoms with E-state index in [-0.39, 0.29) is 35.2 Å². The van der Waals surface area contributed by atoms with Crippen LogP contribution < -0.4 is 10.6 Å². The molecule has 0 aromatic heterocycles. The van der Waals surface area contributed by atoms with Crippen molar-refractivity contribution in [3.8, 4) is 0 Å². The zero-order valence-corrected chi connectivity index (χ0v) is 13.9. The van der Waals surface area contributed by atoms with Crippen LogP contribution in [0.3, 0.4) is 0 Å². The first-order chi connectivity index (χ1) is 9.66. The third-order valence-electron chi connectivity index (χ3n) is 4.95. The van der Waals surface area contributed by atoms with Crippen molar-refractivity contribution in [2.24, 2.45) is 17.3 Å². The molecular weight excluding hydrogens is 268 g/mol. The van der Waals surface area contributed by atoms with Gasteiger partial charge in [-0.1, -0.05) is 20.8 Å². The number of rotatable bonds is 6. The van der Waals surface area contributed by atoms with Crippen LogP contribution in [0.15, 0.2) is 0 Å².